The highest BCUT2D eigenvalue weighted by molar-refractivity contribution is 7.18. The third-order valence-electron chi connectivity index (χ3n) is 2.11. The Morgan fingerprint density at radius 1 is 1.30 bits per heavy atom. The van der Waals surface area contributed by atoms with Crippen molar-refractivity contribution >= 4 is 47.2 Å². The molecule has 3 N–H and O–H groups in total. The number of anilines is 1. The maximum absolute atomic E-state index is 11.7. The molecule has 2 aromatic rings. The minimum atomic E-state index is -0.948. The third kappa shape index (κ3) is 4.68. The van der Waals surface area contributed by atoms with Gasteiger partial charge in [0.25, 0.3) is 0 Å². The van der Waals surface area contributed by atoms with E-state index in [1.807, 2.05) is 18.2 Å². The van der Waals surface area contributed by atoms with Gasteiger partial charge in [-0.2, -0.15) is 0 Å². The number of carbonyl (C=O) groups excluding carboxylic acids is 1. The Morgan fingerprint density at radius 2 is 2.00 bits per heavy atom. The monoisotopic (exact) mass is 335 g/mol. The number of carbonyl (C=O) groups is 1. The van der Waals surface area contributed by atoms with Crippen LogP contribution < -0.4 is 11.1 Å². The molecule has 9 heteroatoms. The molecule has 0 fully saturated rings. The number of rotatable bonds is 3. The molecule has 6 nitrogen and oxygen atoms in total. The van der Waals surface area contributed by atoms with E-state index in [-0.39, 0.29) is 30.7 Å². The van der Waals surface area contributed by atoms with Crippen LogP contribution in [-0.2, 0) is 4.79 Å². The summed E-state index contributed by atoms with van der Waals surface area (Å²) in [7, 11) is 0. The molecule has 1 amide bonds. The number of nitrogens with one attached hydrogen (secondary N) is 1. The van der Waals surface area contributed by atoms with Gasteiger partial charge < -0.3 is 5.73 Å². The summed E-state index contributed by atoms with van der Waals surface area (Å²) in [6.07, 6.45) is 1.68. The van der Waals surface area contributed by atoms with Gasteiger partial charge in [-0.05, 0) is 26.0 Å². The number of pyridine rings is 1. The molecule has 0 aliphatic heterocycles. The van der Waals surface area contributed by atoms with Crippen molar-refractivity contribution in [3.05, 3.63) is 24.4 Å². The van der Waals surface area contributed by atoms with Gasteiger partial charge in [0.1, 0.15) is 5.69 Å². The highest BCUT2D eigenvalue weighted by Gasteiger charge is 2.23. The average molecular weight is 336 g/mol. The summed E-state index contributed by atoms with van der Waals surface area (Å²) in [5, 5.41) is 11.6. The molecule has 2 heterocycles. The molecule has 0 aliphatic rings. The van der Waals surface area contributed by atoms with E-state index in [1.165, 1.54) is 11.3 Å². The Morgan fingerprint density at radius 3 is 2.55 bits per heavy atom. The Bertz CT molecular complexity index is 555. The van der Waals surface area contributed by atoms with Gasteiger partial charge in [-0.25, -0.2) is 0 Å². The van der Waals surface area contributed by atoms with Gasteiger partial charge in [0, 0.05) is 6.20 Å². The molecule has 0 aliphatic carbocycles. The van der Waals surface area contributed by atoms with Crippen molar-refractivity contribution in [3.8, 4) is 10.7 Å². The van der Waals surface area contributed by atoms with Crippen LogP contribution in [0.25, 0.3) is 10.7 Å². The van der Waals surface area contributed by atoms with Crippen LogP contribution in [0.4, 0.5) is 5.13 Å². The number of hydrogen-bond donors (Lipinski definition) is 2. The van der Waals surface area contributed by atoms with Crippen LogP contribution in [0.3, 0.4) is 0 Å². The second kappa shape index (κ2) is 7.49. The summed E-state index contributed by atoms with van der Waals surface area (Å²) in [4.78, 5) is 15.8. The molecule has 0 unspecified atom stereocenters. The highest BCUT2D eigenvalue weighted by Crippen LogP contribution is 2.24. The van der Waals surface area contributed by atoms with E-state index >= 15 is 0 Å². The SMILES string of the molecule is CC(C)(N)C(=O)Nc1nnc(-c2ccccn2)s1.Cl.Cl. The molecule has 0 spiro atoms. The van der Waals surface area contributed by atoms with E-state index in [0.717, 1.165) is 5.69 Å². The summed E-state index contributed by atoms with van der Waals surface area (Å²) in [5.74, 6) is -0.300. The Labute approximate surface area is 133 Å². The van der Waals surface area contributed by atoms with Crippen molar-refractivity contribution < 1.29 is 4.79 Å². The topological polar surface area (TPSA) is 93.8 Å². The molecule has 0 radical (unpaired) electrons. The number of nitrogens with zero attached hydrogens (tertiary/aromatic N) is 3. The first-order chi connectivity index (χ1) is 8.47. The van der Waals surface area contributed by atoms with Crippen molar-refractivity contribution in [2.24, 2.45) is 5.73 Å². The lowest BCUT2D eigenvalue weighted by Gasteiger charge is -2.15. The van der Waals surface area contributed by atoms with Crippen LogP contribution in [0.2, 0.25) is 0 Å². The Hall–Kier alpha value is -1.28. The van der Waals surface area contributed by atoms with Gasteiger partial charge in [0.2, 0.25) is 11.0 Å². The molecule has 2 aromatic heterocycles. The smallest absolute Gasteiger partial charge is 0.245 e. The predicted molar refractivity (Wildman–Crippen MR) is 84.5 cm³/mol. The van der Waals surface area contributed by atoms with E-state index < -0.39 is 5.54 Å². The fourth-order valence-electron chi connectivity index (χ4n) is 1.12. The Kier molecular flexibility index (Phi) is 7.01. The van der Waals surface area contributed by atoms with Gasteiger partial charge in [-0.15, -0.1) is 35.0 Å². The van der Waals surface area contributed by atoms with E-state index in [1.54, 1.807) is 20.0 Å². The van der Waals surface area contributed by atoms with Gasteiger partial charge >= 0.3 is 0 Å². The first-order valence-electron chi connectivity index (χ1n) is 5.32. The molecule has 0 bridgehead atoms. The van der Waals surface area contributed by atoms with E-state index in [0.29, 0.717) is 10.1 Å². The fourth-order valence-corrected chi connectivity index (χ4v) is 1.84. The largest absolute Gasteiger partial charge is 0.318 e. The van der Waals surface area contributed by atoms with Crippen LogP contribution >= 0.6 is 36.2 Å². The number of halogens is 2. The summed E-state index contributed by atoms with van der Waals surface area (Å²) < 4.78 is 0. The molecule has 110 valence electrons. The van der Waals surface area contributed by atoms with Crippen LogP contribution in [0.15, 0.2) is 24.4 Å². The zero-order chi connectivity index (χ0) is 13.2. The van der Waals surface area contributed by atoms with Gasteiger partial charge in [0.15, 0.2) is 5.01 Å². The van der Waals surface area contributed by atoms with Crippen LogP contribution in [-0.4, -0.2) is 26.6 Å². The first-order valence-corrected chi connectivity index (χ1v) is 6.14. The molecule has 0 saturated heterocycles. The van der Waals surface area contributed by atoms with Gasteiger partial charge in [-0.3, -0.25) is 15.1 Å². The molecule has 2 rings (SSSR count). The molecule has 0 atom stereocenters. The van der Waals surface area contributed by atoms with Crippen LogP contribution in [0.1, 0.15) is 13.8 Å². The summed E-state index contributed by atoms with van der Waals surface area (Å²) >= 11 is 1.26. The van der Waals surface area contributed by atoms with Gasteiger partial charge in [0.05, 0.1) is 5.54 Å². The van der Waals surface area contributed by atoms with Crippen molar-refractivity contribution in [2.45, 2.75) is 19.4 Å². The quantitative estimate of drug-likeness (QED) is 0.895. The lowest BCUT2D eigenvalue weighted by atomic mass is 10.1. The lowest BCUT2D eigenvalue weighted by molar-refractivity contribution is -0.120. The van der Waals surface area contributed by atoms with E-state index in [2.05, 4.69) is 20.5 Å². The fraction of sp³-hybridized carbons (Fsp3) is 0.273. The van der Waals surface area contributed by atoms with E-state index in [9.17, 15) is 4.79 Å². The van der Waals surface area contributed by atoms with Crippen molar-refractivity contribution in [3.63, 3.8) is 0 Å². The summed E-state index contributed by atoms with van der Waals surface area (Å²) in [6, 6.07) is 5.52. The highest BCUT2D eigenvalue weighted by atomic mass is 35.5. The van der Waals surface area contributed by atoms with Crippen molar-refractivity contribution in [2.75, 3.05) is 5.32 Å². The predicted octanol–water partition coefficient (Wildman–Crippen LogP) is 2.12. The molecular formula is C11H15Cl2N5OS. The second-order valence-corrected chi connectivity index (χ2v) is 5.28. The van der Waals surface area contributed by atoms with Gasteiger partial charge in [-0.1, -0.05) is 17.4 Å². The molecule has 0 saturated carbocycles. The number of amides is 1. The third-order valence-corrected chi connectivity index (χ3v) is 2.98. The summed E-state index contributed by atoms with van der Waals surface area (Å²) in [5.41, 5.74) is 5.45. The maximum Gasteiger partial charge on any atom is 0.245 e. The second-order valence-electron chi connectivity index (χ2n) is 4.30. The number of hydrogen-bond acceptors (Lipinski definition) is 6. The molecule has 20 heavy (non-hydrogen) atoms. The lowest BCUT2D eigenvalue weighted by Crippen LogP contribution is -2.45. The Balaban J connectivity index is 0.00000180. The molecular weight excluding hydrogens is 321 g/mol. The van der Waals surface area contributed by atoms with Crippen molar-refractivity contribution in [1.82, 2.24) is 15.2 Å². The number of nitrogens with two attached hydrogens (primary N) is 1. The maximum atomic E-state index is 11.7. The van der Waals surface area contributed by atoms with Crippen LogP contribution in [0.5, 0.6) is 0 Å². The number of aromatic nitrogens is 3. The first kappa shape index (κ1) is 18.7. The van der Waals surface area contributed by atoms with Crippen LogP contribution in [0, 0.1) is 0 Å². The average Bonchev–Trinajstić information content (AvgIpc) is 2.77. The van der Waals surface area contributed by atoms with Crippen molar-refractivity contribution in [1.29, 1.82) is 0 Å². The summed E-state index contributed by atoms with van der Waals surface area (Å²) in [6.45, 7) is 3.26. The normalized spacial score (nSPS) is 10.2. The molecule has 0 aromatic carbocycles. The zero-order valence-corrected chi connectivity index (χ0v) is 13.3. The minimum Gasteiger partial charge on any atom is -0.318 e. The minimum absolute atomic E-state index is 0. The zero-order valence-electron chi connectivity index (χ0n) is 10.9. The standard InChI is InChI=1S/C11H13N5OS.2ClH/c1-11(2,12)9(17)14-10-16-15-8(18-10)7-5-3-4-6-13-7;;/h3-6H,12H2,1-2H3,(H,14,16,17);2*1H. The van der Waals surface area contributed by atoms with E-state index in [4.69, 9.17) is 5.73 Å².